The van der Waals surface area contributed by atoms with Crippen molar-refractivity contribution in [3.05, 3.63) is 108 Å². The molecule has 5 rings (SSSR count). The second-order valence-electron chi connectivity index (χ2n) is 7.33. The van der Waals surface area contributed by atoms with E-state index in [9.17, 15) is 14.7 Å². The summed E-state index contributed by atoms with van der Waals surface area (Å²) in [6.07, 6.45) is 3.11. The predicted molar refractivity (Wildman–Crippen MR) is 115 cm³/mol. The third-order valence-corrected chi connectivity index (χ3v) is 5.43. The second kappa shape index (κ2) is 7.57. The van der Waals surface area contributed by atoms with Crippen LogP contribution in [0.25, 0.3) is 16.5 Å². The monoisotopic (exact) mass is 410 g/mol. The predicted octanol–water partition coefficient (Wildman–Crippen LogP) is 4.45. The zero-order chi connectivity index (χ0) is 21.4. The number of ketones is 1. The summed E-state index contributed by atoms with van der Waals surface area (Å²) in [6.45, 7) is 0.116. The minimum Gasteiger partial charge on any atom is -0.507 e. The summed E-state index contributed by atoms with van der Waals surface area (Å²) >= 11 is 0. The van der Waals surface area contributed by atoms with E-state index in [-0.39, 0.29) is 17.9 Å². The Bertz CT molecular complexity index is 1310. The van der Waals surface area contributed by atoms with Gasteiger partial charge >= 0.3 is 0 Å². The minimum absolute atomic E-state index is 0.00571. The van der Waals surface area contributed by atoms with E-state index in [1.807, 2.05) is 36.4 Å². The van der Waals surface area contributed by atoms with Crippen LogP contribution in [0, 0.1) is 0 Å². The third kappa shape index (κ3) is 3.28. The molecule has 2 aromatic carbocycles. The largest absolute Gasteiger partial charge is 0.507 e. The molecule has 1 aliphatic rings. The lowest BCUT2D eigenvalue weighted by Crippen LogP contribution is -2.29. The molecule has 1 atom stereocenters. The zero-order valence-corrected chi connectivity index (χ0v) is 16.4. The van der Waals surface area contributed by atoms with Gasteiger partial charge in [0.2, 0.25) is 0 Å². The van der Waals surface area contributed by atoms with E-state index in [2.05, 4.69) is 4.98 Å². The molecule has 1 N–H and O–H groups in total. The van der Waals surface area contributed by atoms with Gasteiger partial charge in [-0.25, -0.2) is 0 Å². The number of nitrogens with zero attached hydrogens (tertiary/aromatic N) is 2. The number of amides is 1. The number of hydrogen-bond donors (Lipinski definition) is 1. The van der Waals surface area contributed by atoms with Gasteiger partial charge in [-0.15, -0.1) is 0 Å². The highest BCUT2D eigenvalue weighted by Crippen LogP contribution is 2.40. The molecule has 4 aromatic rings. The van der Waals surface area contributed by atoms with E-state index < -0.39 is 17.7 Å². The summed E-state index contributed by atoms with van der Waals surface area (Å²) in [5.74, 6) is -1.27. The number of carbonyl (C=O) groups excluding carboxylic acids is 2. The Morgan fingerprint density at radius 2 is 1.77 bits per heavy atom. The lowest BCUT2D eigenvalue weighted by Gasteiger charge is -2.22. The van der Waals surface area contributed by atoms with Gasteiger partial charge in [-0.2, -0.15) is 0 Å². The fourth-order valence-electron chi connectivity index (χ4n) is 3.94. The van der Waals surface area contributed by atoms with Crippen molar-refractivity contribution in [2.75, 3.05) is 0 Å². The number of aromatic nitrogens is 1. The Morgan fingerprint density at radius 3 is 2.52 bits per heavy atom. The zero-order valence-electron chi connectivity index (χ0n) is 16.4. The number of fused-ring (bicyclic) bond motifs is 1. The molecule has 3 heterocycles. The van der Waals surface area contributed by atoms with E-state index in [0.717, 1.165) is 10.8 Å². The number of carbonyl (C=O) groups is 2. The molecule has 0 aliphatic carbocycles. The summed E-state index contributed by atoms with van der Waals surface area (Å²) in [5, 5.41) is 13.1. The summed E-state index contributed by atoms with van der Waals surface area (Å²) < 4.78 is 5.56. The number of pyridine rings is 1. The SMILES string of the molecule is O=C1C(=O)N(Cc2ccccn2)C(c2ccco2)/C1=C(/O)c1ccc2ccccc2c1. The van der Waals surface area contributed by atoms with Crippen molar-refractivity contribution in [2.45, 2.75) is 12.6 Å². The van der Waals surface area contributed by atoms with E-state index in [1.165, 1.54) is 11.2 Å². The molecule has 31 heavy (non-hydrogen) atoms. The van der Waals surface area contributed by atoms with Gasteiger partial charge in [-0.05, 0) is 41.1 Å². The van der Waals surface area contributed by atoms with Crippen LogP contribution < -0.4 is 0 Å². The van der Waals surface area contributed by atoms with Crippen molar-refractivity contribution in [3.8, 4) is 0 Å². The third-order valence-electron chi connectivity index (χ3n) is 5.43. The first-order valence-electron chi connectivity index (χ1n) is 9.84. The molecule has 1 amide bonds. The smallest absolute Gasteiger partial charge is 0.296 e. The Hall–Kier alpha value is -4.19. The number of benzene rings is 2. The van der Waals surface area contributed by atoms with Gasteiger partial charge in [-0.3, -0.25) is 14.6 Å². The molecule has 1 unspecified atom stereocenters. The maximum absolute atomic E-state index is 13.0. The molecule has 6 heteroatoms. The number of aliphatic hydroxyl groups is 1. The summed E-state index contributed by atoms with van der Waals surface area (Å²) in [5.41, 5.74) is 1.10. The van der Waals surface area contributed by atoms with Crippen LogP contribution in [0.5, 0.6) is 0 Å². The molecule has 0 bridgehead atoms. The summed E-state index contributed by atoms with van der Waals surface area (Å²) in [7, 11) is 0. The molecule has 1 fully saturated rings. The average Bonchev–Trinajstić information content (AvgIpc) is 3.42. The fourth-order valence-corrected chi connectivity index (χ4v) is 3.94. The van der Waals surface area contributed by atoms with Crippen molar-refractivity contribution in [2.24, 2.45) is 0 Å². The lowest BCUT2D eigenvalue weighted by molar-refractivity contribution is -0.140. The number of hydrogen-bond acceptors (Lipinski definition) is 5. The average molecular weight is 410 g/mol. The van der Waals surface area contributed by atoms with Gasteiger partial charge in [-0.1, -0.05) is 42.5 Å². The van der Waals surface area contributed by atoms with Crippen LogP contribution in [0.15, 0.2) is 95.2 Å². The van der Waals surface area contributed by atoms with Gasteiger partial charge in [0.1, 0.15) is 17.6 Å². The fraction of sp³-hybridized carbons (Fsp3) is 0.0800. The highest BCUT2D eigenvalue weighted by Gasteiger charge is 2.47. The van der Waals surface area contributed by atoms with Crippen LogP contribution in [-0.4, -0.2) is 26.7 Å². The number of furan rings is 1. The number of rotatable bonds is 4. The van der Waals surface area contributed by atoms with E-state index in [4.69, 9.17) is 4.42 Å². The lowest BCUT2D eigenvalue weighted by atomic mass is 9.97. The minimum atomic E-state index is -0.844. The van der Waals surface area contributed by atoms with E-state index in [0.29, 0.717) is 17.0 Å². The Morgan fingerprint density at radius 1 is 0.968 bits per heavy atom. The highest BCUT2D eigenvalue weighted by atomic mass is 16.3. The molecular weight excluding hydrogens is 392 g/mol. The molecule has 1 saturated heterocycles. The Kier molecular flexibility index (Phi) is 4.59. The van der Waals surface area contributed by atoms with Crippen LogP contribution in [-0.2, 0) is 16.1 Å². The normalized spacial score (nSPS) is 18.1. The maximum Gasteiger partial charge on any atom is 0.296 e. The first-order chi connectivity index (χ1) is 15.1. The van der Waals surface area contributed by atoms with Crippen molar-refractivity contribution in [1.82, 2.24) is 9.88 Å². The number of Topliss-reactive ketones (excluding diaryl/α,β-unsaturated/α-hetero) is 1. The first kappa shape index (κ1) is 18.8. The first-order valence-corrected chi connectivity index (χ1v) is 9.84. The van der Waals surface area contributed by atoms with Gasteiger partial charge in [0.15, 0.2) is 0 Å². The highest BCUT2D eigenvalue weighted by molar-refractivity contribution is 6.46. The van der Waals surface area contributed by atoms with Crippen molar-refractivity contribution >= 4 is 28.2 Å². The molecule has 152 valence electrons. The maximum atomic E-state index is 13.0. The molecule has 6 nitrogen and oxygen atoms in total. The standard InChI is InChI=1S/C25H18N2O4/c28-23(18-11-10-16-6-1-2-7-17(16)14-18)21-22(20-9-5-13-31-20)27(25(30)24(21)29)15-19-8-3-4-12-26-19/h1-14,22,28H,15H2/b23-21-. The molecule has 2 aromatic heterocycles. The van der Waals surface area contributed by atoms with E-state index >= 15 is 0 Å². The molecular formula is C25H18N2O4. The molecule has 0 spiro atoms. The summed E-state index contributed by atoms with van der Waals surface area (Å²) in [4.78, 5) is 31.6. The quantitative estimate of drug-likeness (QED) is 0.305. The van der Waals surface area contributed by atoms with Crippen LogP contribution >= 0.6 is 0 Å². The van der Waals surface area contributed by atoms with Crippen molar-refractivity contribution < 1.29 is 19.1 Å². The van der Waals surface area contributed by atoms with E-state index in [1.54, 1.807) is 42.6 Å². The van der Waals surface area contributed by atoms with Crippen LogP contribution in [0.1, 0.15) is 23.1 Å². The second-order valence-corrected chi connectivity index (χ2v) is 7.33. The Labute approximate surface area is 178 Å². The van der Waals surface area contributed by atoms with Crippen LogP contribution in [0.3, 0.4) is 0 Å². The van der Waals surface area contributed by atoms with Gasteiger partial charge in [0.05, 0.1) is 24.1 Å². The number of likely N-dealkylation sites (tertiary alicyclic amines) is 1. The van der Waals surface area contributed by atoms with Crippen molar-refractivity contribution in [1.29, 1.82) is 0 Å². The molecule has 1 aliphatic heterocycles. The van der Waals surface area contributed by atoms with Crippen LogP contribution in [0.2, 0.25) is 0 Å². The molecule has 0 radical (unpaired) electrons. The number of aliphatic hydroxyl groups excluding tert-OH is 1. The summed E-state index contributed by atoms with van der Waals surface area (Å²) in [6, 6.07) is 21.0. The van der Waals surface area contributed by atoms with Crippen LogP contribution in [0.4, 0.5) is 0 Å². The topological polar surface area (TPSA) is 83.6 Å². The molecule has 0 saturated carbocycles. The van der Waals surface area contributed by atoms with Gasteiger partial charge < -0.3 is 14.4 Å². The van der Waals surface area contributed by atoms with Crippen molar-refractivity contribution in [3.63, 3.8) is 0 Å². The van der Waals surface area contributed by atoms with Gasteiger partial charge in [0, 0.05) is 11.8 Å². The Balaban J connectivity index is 1.64. The van der Waals surface area contributed by atoms with Gasteiger partial charge in [0.25, 0.3) is 11.7 Å².